The van der Waals surface area contributed by atoms with Gasteiger partial charge in [0.2, 0.25) is 0 Å². The zero-order valence-electron chi connectivity index (χ0n) is 14.0. The maximum atomic E-state index is 12.0. The average molecular weight is 331 g/mol. The summed E-state index contributed by atoms with van der Waals surface area (Å²) in [5.74, 6) is 2.19. The van der Waals surface area contributed by atoms with Gasteiger partial charge >= 0.3 is 0 Å². The molecular formula is C18H21NO5. The van der Waals surface area contributed by atoms with Crippen molar-refractivity contribution >= 4 is 5.91 Å². The van der Waals surface area contributed by atoms with Crippen LogP contribution < -0.4 is 24.3 Å². The summed E-state index contributed by atoms with van der Waals surface area (Å²) < 4.78 is 21.1. The van der Waals surface area contributed by atoms with E-state index in [0.717, 1.165) is 11.3 Å². The summed E-state index contributed by atoms with van der Waals surface area (Å²) in [6, 6.07) is 12.6. The second kappa shape index (κ2) is 8.67. The Kier molecular flexibility index (Phi) is 6.31. The predicted molar refractivity (Wildman–Crippen MR) is 89.9 cm³/mol. The number of rotatable bonds is 8. The molecule has 1 N–H and O–H groups in total. The quantitative estimate of drug-likeness (QED) is 0.805. The molecule has 0 spiro atoms. The van der Waals surface area contributed by atoms with E-state index in [4.69, 9.17) is 18.9 Å². The van der Waals surface area contributed by atoms with Crippen LogP contribution in [-0.2, 0) is 11.3 Å². The Morgan fingerprint density at radius 2 is 1.54 bits per heavy atom. The minimum atomic E-state index is -0.234. The molecule has 0 saturated heterocycles. The average Bonchev–Trinajstić information content (AvgIpc) is 2.64. The third-order valence-electron chi connectivity index (χ3n) is 3.36. The third kappa shape index (κ3) is 4.81. The molecule has 0 saturated carbocycles. The van der Waals surface area contributed by atoms with Crippen molar-refractivity contribution in [1.82, 2.24) is 5.32 Å². The van der Waals surface area contributed by atoms with Crippen LogP contribution in [0.15, 0.2) is 42.5 Å². The zero-order chi connectivity index (χ0) is 17.4. The van der Waals surface area contributed by atoms with E-state index in [1.165, 1.54) is 0 Å². The standard InChI is InChI=1S/C18H21NO5/c1-21-14-8-15(22-2)10-16(9-14)24-12-18(20)19-11-13-6-4-5-7-17(13)23-3/h4-10H,11-12H2,1-3H3,(H,19,20). The molecule has 6 nitrogen and oxygen atoms in total. The summed E-state index contributed by atoms with van der Waals surface area (Å²) >= 11 is 0. The lowest BCUT2D eigenvalue weighted by Gasteiger charge is -2.11. The van der Waals surface area contributed by atoms with Gasteiger partial charge in [-0.25, -0.2) is 0 Å². The van der Waals surface area contributed by atoms with E-state index < -0.39 is 0 Å². The molecule has 6 heteroatoms. The SMILES string of the molecule is COc1cc(OC)cc(OCC(=O)NCc2ccccc2OC)c1. The summed E-state index contributed by atoms with van der Waals surface area (Å²) in [5, 5.41) is 2.79. The molecule has 0 aliphatic carbocycles. The molecule has 0 aliphatic rings. The van der Waals surface area contributed by atoms with Gasteiger partial charge in [0.15, 0.2) is 6.61 Å². The Balaban J connectivity index is 1.89. The first kappa shape index (κ1) is 17.5. The van der Waals surface area contributed by atoms with Gasteiger partial charge < -0.3 is 24.3 Å². The fourth-order valence-electron chi connectivity index (χ4n) is 2.11. The molecule has 0 heterocycles. The Hall–Kier alpha value is -2.89. The third-order valence-corrected chi connectivity index (χ3v) is 3.36. The van der Waals surface area contributed by atoms with Crippen LogP contribution in [0.2, 0.25) is 0 Å². The van der Waals surface area contributed by atoms with Crippen LogP contribution in [0.4, 0.5) is 0 Å². The Morgan fingerprint density at radius 1 is 0.917 bits per heavy atom. The van der Waals surface area contributed by atoms with E-state index in [0.29, 0.717) is 23.8 Å². The maximum Gasteiger partial charge on any atom is 0.258 e. The summed E-state index contributed by atoms with van der Waals surface area (Å²) in [5.41, 5.74) is 0.899. The zero-order valence-corrected chi connectivity index (χ0v) is 14.0. The van der Waals surface area contributed by atoms with Crippen molar-refractivity contribution in [2.24, 2.45) is 0 Å². The second-order valence-electron chi connectivity index (χ2n) is 4.93. The fourth-order valence-corrected chi connectivity index (χ4v) is 2.11. The number of amides is 1. The lowest BCUT2D eigenvalue weighted by molar-refractivity contribution is -0.123. The molecule has 0 radical (unpaired) electrons. The minimum Gasteiger partial charge on any atom is -0.496 e. The molecular weight excluding hydrogens is 310 g/mol. The highest BCUT2D eigenvalue weighted by Crippen LogP contribution is 2.27. The summed E-state index contributed by atoms with van der Waals surface area (Å²) in [7, 11) is 4.71. The van der Waals surface area contributed by atoms with E-state index in [2.05, 4.69) is 5.32 Å². The monoisotopic (exact) mass is 331 g/mol. The van der Waals surface area contributed by atoms with E-state index >= 15 is 0 Å². The molecule has 24 heavy (non-hydrogen) atoms. The molecule has 0 aliphatic heterocycles. The lowest BCUT2D eigenvalue weighted by Crippen LogP contribution is -2.28. The van der Waals surface area contributed by atoms with Gasteiger partial charge in [-0.05, 0) is 6.07 Å². The number of para-hydroxylation sites is 1. The molecule has 2 aromatic carbocycles. The topological polar surface area (TPSA) is 66.0 Å². The second-order valence-corrected chi connectivity index (χ2v) is 4.93. The number of carbonyl (C=O) groups excluding carboxylic acids is 1. The van der Waals surface area contributed by atoms with Crippen LogP contribution in [-0.4, -0.2) is 33.8 Å². The molecule has 0 bridgehead atoms. The predicted octanol–water partition coefficient (Wildman–Crippen LogP) is 2.41. The van der Waals surface area contributed by atoms with E-state index in [9.17, 15) is 4.79 Å². The smallest absolute Gasteiger partial charge is 0.258 e. The maximum absolute atomic E-state index is 12.0. The summed E-state index contributed by atoms with van der Waals surface area (Å²) in [4.78, 5) is 12.0. The first-order valence-electron chi connectivity index (χ1n) is 7.40. The van der Waals surface area contributed by atoms with Crippen molar-refractivity contribution in [3.63, 3.8) is 0 Å². The molecule has 2 rings (SSSR count). The highest BCUT2D eigenvalue weighted by atomic mass is 16.5. The number of hydrogen-bond acceptors (Lipinski definition) is 5. The van der Waals surface area contributed by atoms with Crippen LogP contribution in [0.5, 0.6) is 23.0 Å². The first-order valence-corrected chi connectivity index (χ1v) is 7.40. The van der Waals surface area contributed by atoms with Gasteiger partial charge in [-0.3, -0.25) is 4.79 Å². The van der Waals surface area contributed by atoms with Crippen molar-refractivity contribution < 1.29 is 23.7 Å². The lowest BCUT2D eigenvalue weighted by atomic mass is 10.2. The van der Waals surface area contributed by atoms with Gasteiger partial charge in [0.1, 0.15) is 23.0 Å². The number of hydrogen-bond donors (Lipinski definition) is 1. The molecule has 2 aromatic rings. The normalized spacial score (nSPS) is 9.96. The highest BCUT2D eigenvalue weighted by Gasteiger charge is 2.08. The molecule has 0 fully saturated rings. The molecule has 0 aromatic heterocycles. The molecule has 1 amide bonds. The Morgan fingerprint density at radius 3 is 2.17 bits per heavy atom. The van der Waals surface area contributed by atoms with Crippen LogP contribution in [0.25, 0.3) is 0 Å². The van der Waals surface area contributed by atoms with Gasteiger partial charge in [0.05, 0.1) is 21.3 Å². The van der Waals surface area contributed by atoms with Gasteiger partial charge in [0, 0.05) is 30.3 Å². The van der Waals surface area contributed by atoms with Gasteiger partial charge in [-0.1, -0.05) is 18.2 Å². The van der Waals surface area contributed by atoms with Gasteiger partial charge in [-0.2, -0.15) is 0 Å². The van der Waals surface area contributed by atoms with Crippen molar-refractivity contribution in [3.05, 3.63) is 48.0 Å². The van der Waals surface area contributed by atoms with Gasteiger partial charge in [-0.15, -0.1) is 0 Å². The fraction of sp³-hybridized carbons (Fsp3) is 0.278. The van der Waals surface area contributed by atoms with Crippen LogP contribution >= 0.6 is 0 Å². The molecule has 0 atom stereocenters. The number of ether oxygens (including phenoxy) is 4. The Labute approximate surface area is 141 Å². The Bertz CT molecular complexity index is 665. The van der Waals surface area contributed by atoms with Crippen LogP contribution in [0.3, 0.4) is 0 Å². The van der Waals surface area contributed by atoms with Crippen molar-refractivity contribution in [2.45, 2.75) is 6.54 Å². The number of carbonyl (C=O) groups is 1. The molecule has 0 unspecified atom stereocenters. The number of nitrogens with one attached hydrogen (secondary N) is 1. The first-order chi connectivity index (χ1) is 11.7. The number of benzene rings is 2. The summed E-state index contributed by atoms with van der Waals surface area (Å²) in [6.45, 7) is 0.263. The van der Waals surface area contributed by atoms with Crippen molar-refractivity contribution in [3.8, 4) is 23.0 Å². The largest absolute Gasteiger partial charge is 0.496 e. The molecule has 128 valence electrons. The number of methoxy groups -OCH3 is 3. The highest BCUT2D eigenvalue weighted by molar-refractivity contribution is 5.77. The van der Waals surface area contributed by atoms with Crippen LogP contribution in [0, 0.1) is 0 Å². The van der Waals surface area contributed by atoms with Crippen molar-refractivity contribution in [2.75, 3.05) is 27.9 Å². The van der Waals surface area contributed by atoms with E-state index in [-0.39, 0.29) is 12.5 Å². The van der Waals surface area contributed by atoms with Crippen molar-refractivity contribution in [1.29, 1.82) is 0 Å². The van der Waals surface area contributed by atoms with Crippen LogP contribution in [0.1, 0.15) is 5.56 Å². The summed E-state index contributed by atoms with van der Waals surface area (Å²) in [6.07, 6.45) is 0. The minimum absolute atomic E-state index is 0.106. The van der Waals surface area contributed by atoms with Gasteiger partial charge in [0.25, 0.3) is 5.91 Å². The van der Waals surface area contributed by atoms with E-state index in [1.807, 2.05) is 24.3 Å². The van der Waals surface area contributed by atoms with E-state index in [1.54, 1.807) is 39.5 Å².